The van der Waals surface area contributed by atoms with Gasteiger partial charge in [-0.25, -0.2) is 15.0 Å². The highest BCUT2D eigenvalue weighted by Crippen LogP contribution is 2.56. The molecular formula is C46H38BN3O2. The maximum absolute atomic E-state index is 6.43. The third-order valence-corrected chi connectivity index (χ3v) is 11.1. The number of rotatable bonds is 6. The number of benzene rings is 6. The van der Waals surface area contributed by atoms with Gasteiger partial charge in [0, 0.05) is 16.7 Å². The number of hydrogen-bond donors (Lipinski definition) is 0. The van der Waals surface area contributed by atoms with Crippen LogP contribution in [-0.2, 0) is 14.7 Å². The second kappa shape index (κ2) is 12.2. The topological polar surface area (TPSA) is 57.1 Å². The lowest BCUT2D eigenvalue weighted by atomic mass is 9.66. The summed E-state index contributed by atoms with van der Waals surface area (Å²) in [5.41, 5.74) is 9.79. The fraction of sp³-hybridized carbons (Fsp3) is 0.152. The molecule has 0 radical (unpaired) electrons. The summed E-state index contributed by atoms with van der Waals surface area (Å²) in [5.74, 6) is 1.92. The minimum Gasteiger partial charge on any atom is -0.399 e. The summed E-state index contributed by atoms with van der Waals surface area (Å²) >= 11 is 0. The first-order valence-electron chi connectivity index (χ1n) is 17.9. The summed E-state index contributed by atoms with van der Waals surface area (Å²) in [5, 5.41) is 0. The zero-order valence-corrected chi connectivity index (χ0v) is 29.7. The van der Waals surface area contributed by atoms with Gasteiger partial charge in [0.05, 0.1) is 16.6 Å². The first-order chi connectivity index (χ1) is 25.2. The fourth-order valence-corrected chi connectivity index (χ4v) is 7.70. The van der Waals surface area contributed by atoms with Crippen molar-refractivity contribution in [2.45, 2.75) is 44.3 Å². The van der Waals surface area contributed by atoms with Gasteiger partial charge >= 0.3 is 7.12 Å². The molecular weight excluding hydrogens is 637 g/mol. The summed E-state index contributed by atoms with van der Waals surface area (Å²) in [7, 11) is -0.431. The van der Waals surface area contributed by atoms with E-state index >= 15 is 0 Å². The number of nitrogens with zero attached hydrogens (tertiary/aromatic N) is 3. The van der Waals surface area contributed by atoms with Crippen molar-refractivity contribution in [3.05, 3.63) is 180 Å². The summed E-state index contributed by atoms with van der Waals surface area (Å²) in [6.45, 7) is 8.37. The monoisotopic (exact) mass is 675 g/mol. The lowest BCUT2D eigenvalue weighted by Gasteiger charge is -2.34. The van der Waals surface area contributed by atoms with Crippen molar-refractivity contribution in [1.82, 2.24) is 15.0 Å². The summed E-state index contributed by atoms with van der Waals surface area (Å²) in [4.78, 5) is 14.9. The Labute approximate surface area is 305 Å². The summed E-state index contributed by atoms with van der Waals surface area (Å²) in [6.07, 6.45) is 0. The highest BCUT2D eigenvalue weighted by Gasteiger charge is 2.52. The fourth-order valence-electron chi connectivity index (χ4n) is 7.70. The van der Waals surface area contributed by atoms with Gasteiger partial charge in [0.15, 0.2) is 17.5 Å². The molecule has 0 spiro atoms. The Bertz CT molecular complexity index is 2290. The van der Waals surface area contributed by atoms with Gasteiger partial charge in [-0.15, -0.1) is 0 Å². The van der Waals surface area contributed by atoms with Crippen LogP contribution in [0.3, 0.4) is 0 Å². The van der Waals surface area contributed by atoms with Crippen molar-refractivity contribution in [2.24, 2.45) is 0 Å². The lowest BCUT2D eigenvalue weighted by molar-refractivity contribution is 0.00578. The van der Waals surface area contributed by atoms with E-state index in [0.717, 1.165) is 27.7 Å². The molecule has 9 rings (SSSR count). The molecule has 2 aliphatic rings. The Morgan fingerprint density at radius 2 is 0.769 bits per heavy atom. The molecule has 0 amide bonds. The van der Waals surface area contributed by atoms with E-state index in [4.69, 9.17) is 24.3 Å². The van der Waals surface area contributed by atoms with Gasteiger partial charge < -0.3 is 9.31 Å². The maximum atomic E-state index is 6.43. The van der Waals surface area contributed by atoms with Gasteiger partial charge in [-0.05, 0) is 66.5 Å². The molecule has 2 heterocycles. The molecule has 1 saturated heterocycles. The van der Waals surface area contributed by atoms with E-state index in [1.165, 1.54) is 27.8 Å². The predicted octanol–water partition coefficient (Wildman–Crippen LogP) is 9.53. The van der Waals surface area contributed by atoms with Crippen LogP contribution in [-0.4, -0.2) is 33.3 Å². The van der Waals surface area contributed by atoms with Crippen LogP contribution in [0.15, 0.2) is 158 Å². The van der Waals surface area contributed by atoms with Crippen LogP contribution < -0.4 is 5.46 Å². The minimum atomic E-state index is -0.552. The summed E-state index contributed by atoms with van der Waals surface area (Å²) < 4.78 is 12.9. The molecule has 6 aromatic carbocycles. The third kappa shape index (κ3) is 5.13. The standard InChI is InChI=1S/C46H38BN3O2/c1-44(2)45(3,4)52-47(51-44)36-29-27-35(28-30-36)46(39-21-13-11-19-37(39)38-20-12-14-22-40(38)46)34-25-23-33(24-26-34)43-49-41(31-15-7-5-8-16-31)48-42(50-43)32-17-9-6-10-18-32/h5-30H,1-4H3. The average molecular weight is 676 g/mol. The van der Waals surface area contributed by atoms with Crippen molar-refractivity contribution in [3.8, 4) is 45.3 Å². The van der Waals surface area contributed by atoms with E-state index in [-0.39, 0.29) is 0 Å². The maximum Gasteiger partial charge on any atom is 0.494 e. The minimum absolute atomic E-state index is 0.412. The zero-order valence-electron chi connectivity index (χ0n) is 29.7. The van der Waals surface area contributed by atoms with Crippen molar-refractivity contribution in [1.29, 1.82) is 0 Å². The molecule has 5 nitrogen and oxygen atoms in total. The number of fused-ring (bicyclic) bond motifs is 3. The third-order valence-electron chi connectivity index (χ3n) is 11.1. The van der Waals surface area contributed by atoms with Crippen molar-refractivity contribution >= 4 is 12.6 Å². The molecule has 1 aliphatic heterocycles. The van der Waals surface area contributed by atoms with Gasteiger partial charge in [0.2, 0.25) is 0 Å². The van der Waals surface area contributed by atoms with Crippen LogP contribution in [0.2, 0.25) is 0 Å². The molecule has 52 heavy (non-hydrogen) atoms. The Morgan fingerprint density at radius 3 is 1.21 bits per heavy atom. The van der Waals surface area contributed by atoms with Crippen LogP contribution in [0.25, 0.3) is 45.3 Å². The van der Waals surface area contributed by atoms with Crippen molar-refractivity contribution < 1.29 is 9.31 Å². The largest absolute Gasteiger partial charge is 0.494 e. The second-order valence-electron chi connectivity index (χ2n) is 14.7. The van der Waals surface area contributed by atoms with E-state index in [9.17, 15) is 0 Å². The number of aromatic nitrogens is 3. The van der Waals surface area contributed by atoms with Crippen LogP contribution in [0.5, 0.6) is 0 Å². The molecule has 1 aliphatic carbocycles. The highest BCUT2D eigenvalue weighted by molar-refractivity contribution is 6.62. The first kappa shape index (κ1) is 32.2. The molecule has 0 bridgehead atoms. The Balaban J connectivity index is 1.18. The van der Waals surface area contributed by atoms with Crippen LogP contribution in [0, 0.1) is 0 Å². The van der Waals surface area contributed by atoms with E-state index in [1.807, 2.05) is 60.7 Å². The number of hydrogen-bond acceptors (Lipinski definition) is 5. The van der Waals surface area contributed by atoms with Gasteiger partial charge in [0.25, 0.3) is 0 Å². The molecule has 0 N–H and O–H groups in total. The quantitative estimate of drug-likeness (QED) is 0.164. The molecule has 6 heteroatoms. The van der Waals surface area contributed by atoms with E-state index in [0.29, 0.717) is 17.5 Å². The van der Waals surface area contributed by atoms with Gasteiger partial charge in [-0.1, -0.05) is 158 Å². The second-order valence-corrected chi connectivity index (χ2v) is 14.7. The van der Waals surface area contributed by atoms with Gasteiger partial charge in [-0.3, -0.25) is 0 Å². The highest BCUT2D eigenvalue weighted by atomic mass is 16.7. The molecule has 0 saturated carbocycles. The summed E-state index contributed by atoms with van der Waals surface area (Å²) in [6, 6.07) is 55.4. The average Bonchev–Trinajstić information content (AvgIpc) is 3.61. The van der Waals surface area contributed by atoms with Gasteiger partial charge in [0.1, 0.15) is 0 Å². The Kier molecular flexibility index (Phi) is 7.58. The zero-order chi connectivity index (χ0) is 35.5. The van der Waals surface area contributed by atoms with E-state index in [2.05, 4.69) is 125 Å². The van der Waals surface area contributed by atoms with Crippen LogP contribution in [0.4, 0.5) is 0 Å². The van der Waals surface area contributed by atoms with Crippen molar-refractivity contribution in [3.63, 3.8) is 0 Å². The molecule has 1 fully saturated rings. The molecule has 252 valence electrons. The smallest absolute Gasteiger partial charge is 0.399 e. The Morgan fingerprint density at radius 1 is 0.404 bits per heavy atom. The molecule has 1 aromatic heterocycles. The lowest BCUT2D eigenvalue weighted by Crippen LogP contribution is -2.41. The van der Waals surface area contributed by atoms with Crippen molar-refractivity contribution in [2.75, 3.05) is 0 Å². The van der Waals surface area contributed by atoms with E-state index in [1.54, 1.807) is 0 Å². The SMILES string of the molecule is CC1(C)OB(c2ccc(C3(c4ccc(-c5nc(-c6ccccc6)nc(-c6ccccc6)n5)cc4)c4ccccc4-c4ccccc43)cc2)OC1(C)C. The predicted molar refractivity (Wildman–Crippen MR) is 209 cm³/mol. The van der Waals surface area contributed by atoms with Crippen LogP contribution >= 0.6 is 0 Å². The molecule has 0 atom stereocenters. The first-order valence-corrected chi connectivity index (χ1v) is 17.9. The van der Waals surface area contributed by atoms with Gasteiger partial charge in [-0.2, -0.15) is 0 Å². The normalized spacial score (nSPS) is 16.3. The Hall–Kier alpha value is -5.69. The van der Waals surface area contributed by atoms with E-state index < -0.39 is 23.7 Å². The molecule has 0 unspecified atom stereocenters. The molecule has 7 aromatic rings. The van der Waals surface area contributed by atoms with Crippen LogP contribution in [0.1, 0.15) is 49.9 Å².